The Hall–Kier alpha value is -1.60. The second-order valence-electron chi connectivity index (χ2n) is 7.60. The number of rotatable bonds is 8. The Labute approximate surface area is 178 Å². The number of hydrogen-bond acceptors (Lipinski definition) is 5. The fourth-order valence-electron chi connectivity index (χ4n) is 3.71. The number of ether oxygens (including phenoxy) is 2. The molecule has 1 aliphatic heterocycles. The molecule has 7 heteroatoms. The van der Waals surface area contributed by atoms with Gasteiger partial charge in [-0.05, 0) is 61.3 Å². The van der Waals surface area contributed by atoms with Crippen LogP contribution in [0.25, 0.3) is 0 Å². The molecule has 0 radical (unpaired) electrons. The van der Waals surface area contributed by atoms with Crippen LogP contribution in [0.1, 0.15) is 24.5 Å². The van der Waals surface area contributed by atoms with Crippen LogP contribution in [0, 0.1) is 5.92 Å². The molecule has 0 N–H and O–H groups in total. The maximum Gasteiger partial charge on any atom is 0.175 e. The van der Waals surface area contributed by atoms with Gasteiger partial charge in [-0.2, -0.15) is 0 Å². The second-order valence-corrected chi connectivity index (χ2v) is 10.1. The van der Waals surface area contributed by atoms with Crippen molar-refractivity contribution in [1.29, 1.82) is 0 Å². The fraction of sp³-hybridized carbons (Fsp3) is 0.455. The summed E-state index contributed by atoms with van der Waals surface area (Å²) in [5.41, 5.74) is 1.09. The molecule has 2 atom stereocenters. The van der Waals surface area contributed by atoms with E-state index in [4.69, 9.17) is 21.1 Å². The molecule has 5 nitrogen and oxygen atoms in total. The van der Waals surface area contributed by atoms with Gasteiger partial charge in [-0.15, -0.1) is 0 Å². The predicted molar refractivity (Wildman–Crippen MR) is 115 cm³/mol. The standard InChI is InChI=1S/C22H28ClNO4S/c1-27-22(18-6-3-7-19(23)13-18)15-24-12-4-5-17(14-24)16-28-20-8-10-21(11-9-20)29(2,25)26/h3,6-11,13,17,22H,4-5,12,14-16H2,1-2H3/t17-,22-/m0/s1. The molecule has 0 unspecified atom stereocenters. The molecule has 1 fully saturated rings. The van der Waals surface area contributed by atoms with Gasteiger partial charge < -0.3 is 14.4 Å². The van der Waals surface area contributed by atoms with Crippen LogP contribution in [0.4, 0.5) is 0 Å². The molecule has 0 amide bonds. The lowest BCUT2D eigenvalue weighted by Gasteiger charge is -2.34. The van der Waals surface area contributed by atoms with Gasteiger partial charge in [-0.25, -0.2) is 8.42 Å². The van der Waals surface area contributed by atoms with Gasteiger partial charge in [0.2, 0.25) is 0 Å². The topological polar surface area (TPSA) is 55.8 Å². The Kier molecular flexibility index (Phi) is 7.57. The lowest BCUT2D eigenvalue weighted by atomic mass is 9.98. The Morgan fingerprint density at radius 3 is 2.62 bits per heavy atom. The normalized spacial score (nSPS) is 19.1. The van der Waals surface area contributed by atoms with E-state index in [9.17, 15) is 8.42 Å². The zero-order chi connectivity index (χ0) is 20.9. The molecule has 3 rings (SSSR count). The zero-order valence-electron chi connectivity index (χ0n) is 16.9. The first-order chi connectivity index (χ1) is 13.8. The van der Waals surface area contributed by atoms with Gasteiger partial charge in [-0.3, -0.25) is 0 Å². The Morgan fingerprint density at radius 1 is 1.21 bits per heavy atom. The lowest BCUT2D eigenvalue weighted by Crippen LogP contribution is -2.40. The van der Waals surface area contributed by atoms with E-state index in [0.29, 0.717) is 23.2 Å². The van der Waals surface area contributed by atoms with Crippen molar-refractivity contribution in [3.8, 4) is 5.75 Å². The third kappa shape index (κ3) is 6.44. The van der Waals surface area contributed by atoms with Crippen LogP contribution < -0.4 is 4.74 Å². The third-order valence-corrected chi connectivity index (χ3v) is 6.63. The van der Waals surface area contributed by atoms with Crippen LogP contribution in [0.5, 0.6) is 5.75 Å². The van der Waals surface area contributed by atoms with Gasteiger partial charge >= 0.3 is 0 Å². The summed E-state index contributed by atoms with van der Waals surface area (Å²) in [5, 5.41) is 0.719. The summed E-state index contributed by atoms with van der Waals surface area (Å²) in [4.78, 5) is 2.72. The van der Waals surface area contributed by atoms with Gasteiger partial charge in [0, 0.05) is 37.4 Å². The molecule has 1 heterocycles. The molecule has 0 spiro atoms. The van der Waals surface area contributed by atoms with Crippen molar-refractivity contribution < 1.29 is 17.9 Å². The Balaban J connectivity index is 1.53. The van der Waals surface area contributed by atoms with E-state index in [-0.39, 0.29) is 6.10 Å². The minimum absolute atomic E-state index is 0.0168. The SMILES string of the molecule is CO[C@@H](CN1CCC[C@H](COc2ccc(S(C)(=O)=O)cc2)C1)c1cccc(Cl)c1. The third-order valence-electron chi connectivity index (χ3n) is 5.27. The highest BCUT2D eigenvalue weighted by atomic mass is 35.5. The smallest absolute Gasteiger partial charge is 0.175 e. The monoisotopic (exact) mass is 437 g/mol. The molecule has 1 saturated heterocycles. The van der Waals surface area contributed by atoms with E-state index < -0.39 is 9.84 Å². The van der Waals surface area contributed by atoms with Crippen LogP contribution in [0.15, 0.2) is 53.4 Å². The number of likely N-dealkylation sites (tertiary alicyclic amines) is 1. The van der Waals surface area contributed by atoms with E-state index in [0.717, 1.165) is 43.1 Å². The Bertz CT molecular complexity index is 901. The fourth-order valence-corrected chi connectivity index (χ4v) is 4.54. The second kappa shape index (κ2) is 9.94. The summed E-state index contributed by atoms with van der Waals surface area (Å²) in [5.74, 6) is 1.12. The van der Waals surface area contributed by atoms with Gasteiger partial charge in [0.1, 0.15) is 5.75 Å². The van der Waals surface area contributed by atoms with Gasteiger partial charge in [0.15, 0.2) is 9.84 Å². The summed E-state index contributed by atoms with van der Waals surface area (Å²) in [7, 11) is -1.45. The van der Waals surface area contributed by atoms with Crippen molar-refractivity contribution in [3.63, 3.8) is 0 Å². The van der Waals surface area contributed by atoms with Crippen LogP contribution in [-0.4, -0.2) is 52.9 Å². The lowest BCUT2D eigenvalue weighted by molar-refractivity contribution is 0.0410. The van der Waals surface area contributed by atoms with Crippen molar-refractivity contribution in [1.82, 2.24) is 4.90 Å². The van der Waals surface area contributed by atoms with Crippen LogP contribution >= 0.6 is 11.6 Å². The minimum Gasteiger partial charge on any atom is -0.493 e. The first-order valence-corrected chi connectivity index (χ1v) is 12.1. The molecule has 0 aliphatic carbocycles. The maximum atomic E-state index is 11.6. The number of sulfone groups is 1. The molecule has 0 aromatic heterocycles. The van der Waals surface area contributed by atoms with Gasteiger partial charge in [0.25, 0.3) is 0 Å². The number of halogens is 1. The average molecular weight is 438 g/mol. The van der Waals surface area contributed by atoms with E-state index in [1.807, 2.05) is 24.3 Å². The zero-order valence-corrected chi connectivity index (χ0v) is 18.5. The van der Waals surface area contributed by atoms with Crippen LogP contribution in [0.3, 0.4) is 0 Å². The maximum absolute atomic E-state index is 11.6. The summed E-state index contributed by atoms with van der Waals surface area (Å²) in [6.07, 6.45) is 3.42. The van der Waals surface area contributed by atoms with E-state index in [1.54, 1.807) is 31.4 Å². The summed E-state index contributed by atoms with van der Waals surface area (Å²) < 4.78 is 34.8. The molecular formula is C22H28ClNO4S. The Morgan fingerprint density at radius 2 is 1.97 bits per heavy atom. The number of methoxy groups -OCH3 is 1. The number of hydrogen-bond donors (Lipinski definition) is 0. The molecule has 2 aromatic rings. The molecular weight excluding hydrogens is 410 g/mol. The van der Waals surface area contributed by atoms with Gasteiger partial charge in [-0.1, -0.05) is 23.7 Å². The predicted octanol–water partition coefficient (Wildman–Crippen LogP) is 4.22. The van der Waals surface area contributed by atoms with Crippen molar-refractivity contribution in [2.45, 2.75) is 23.8 Å². The minimum atomic E-state index is -3.18. The number of nitrogens with zero attached hydrogens (tertiary/aromatic N) is 1. The summed E-state index contributed by atoms with van der Waals surface area (Å²) in [6.45, 7) is 3.42. The number of benzene rings is 2. The quantitative estimate of drug-likeness (QED) is 0.618. The highest BCUT2D eigenvalue weighted by Crippen LogP contribution is 2.25. The van der Waals surface area contributed by atoms with E-state index in [2.05, 4.69) is 4.90 Å². The number of piperidine rings is 1. The van der Waals surface area contributed by atoms with Crippen molar-refractivity contribution in [2.75, 3.05) is 39.6 Å². The van der Waals surface area contributed by atoms with E-state index in [1.165, 1.54) is 6.26 Å². The van der Waals surface area contributed by atoms with E-state index >= 15 is 0 Å². The van der Waals surface area contributed by atoms with Crippen molar-refractivity contribution >= 4 is 21.4 Å². The molecule has 0 bridgehead atoms. The molecule has 29 heavy (non-hydrogen) atoms. The first kappa shape index (κ1) is 22.1. The highest BCUT2D eigenvalue weighted by Gasteiger charge is 2.24. The van der Waals surface area contributed by atoms with Crippen LogP contribution in [-0.2, 0) is 14.6 Å². The average Bonchev–Trinajstić information content (AvgIpc) is 2.70. The summed E-state index contributed by atoms with van der Waals surface area (Å²) >= 11 is 6.13. The molecule has 1 aliphatic rings. The van der Waals surface area contributed by atoms with Crippen LogP contribution in [0.2, 0.25) is 5.02 Å². The largest absolute Gasteiger partial charge is 0.493 e. The highest BCUT2D eigenvalue weighted by molar-refractivity contribution is 7.90. The first-order valence-electron chi connectivity index (χ1n) is 9.78. The van der Waals surface area contributed by atoms with Gasteiger partial charge in [0.05, 0.1) is 17.6 Å². The van der Waals surface area contributed by atoms with Crippen molar-refractivity contribution in [2.24, 2.45) is 5.92 Å². The molecule has 158 valence electrons. The molecule has 2 aromatic carbocycles. The molecule has 0 saturated carbocycles. The summed E-state index contributed by atoms with van der Waals surface area (Å²) in [6, 6.07) is 14.4. The van der Waals surface area contributed by atoms with Crippen molar-refractivity contribution in [3.05, 3.63) is 59.1 Å².